The van der Waals surface area contributed by atoms with Gasteiger partial charge >= 0.3 is 0 Å². The van der Waals surface area contributed by atoms with Crippen LogP contribution < -0.4 is 5.73 Å². The molecule has 0 aromatic carbocycles. The molecule has 1 unspecified atom stereocenters. The molecule has 2 N–H and O–H groups in total. The van der Waals surface area contributed by atoms with Crippen LogP contribution in [0, 0.1) is 0 Å². The fourth-order valence-electron chi connectivity index (χ4n) is 2.23. The van der Waals surface area contributed by atoms with Crippen molar-refractivity contribution in [3.05, 3.63) is 24.2 Å². The Kier molecular flexibility index (Phi) is 3.12. The lowest BCUT2D eigenvalue weighted by Gasteiger charge is -2.22. The molecule has 2 heterocycles. The average molecular weight is 287 g/mol. The van der Waals surface area contributed by atoms with Crippen molar-refractivity contribution >= 4 is 23.0 Å². The highest BCUT2D eigenvalue weighted by Crippen LogP contribution is 2.36. The number of hydrogen-bond acceptors (Lipinski definition) is 4. The van der Waals surface area contributed by atoms with Gasteiger partial charge in [-0.2, -0.15) is 0 Å². The van der Waals surface area contributed by atoms with Crippen molar-refractivity contribution < 1.29 is 9.59 Å². The molecule has 2 amide bonds. The molecule has 1 aliphatic rings. The minimum absolute atomic E-state index is 0.295. The van der Waals surface area contributed by atoms with Crippen molar-refractivity contribution in [2.45, 2.75) is 31.8 Å². The Morgan fingerprint density at radius 2 is 2.14 bits per heavy atom. The molecule has 1 aliphatic carbocycles. The molecule has 1 fully saturated rings. The highest BCUT2D eigenvalue weighted by Gasteiger charge is 2.26. The van der Waals surface area contributed by atoms with Gasteiger partial charge in [-0.15, -0.1) is 0 Å². The highest BCUT2D eigenvalue weighted by molar-refractivity contribution is 5.98. The van der Waals surface area contributed by atoms with Gasteiger partial charge in [0.1, 0.15) is 11.6 Å². The first-order valence-corrected chi connectivity index (χ1v) is 6.88. The molecule has 21 heavy (non-hydrogen) atoms. The lowest BCUT2D eigenvalue weighted by molar-refractivity contribution is -0.121. The lowest BCUT2D eigenvalue weighted by atomic mass is 10.2. The predicted molar refractivity (Wildman–Crippen MR) is 76.5 cm³/mol. The topological polar surface area (TPSA) is 94.1 Å². The molecule has 0 aliphatic heterocycles. The van der Waals surface area contributed by atoms with Crippen LogP contribution in [-0.4, -0.2) is 44.3 Å². The van der Waals surface area contributed by atoms with Crippen LogP contribution in [0.3, 0.4) is 0 Å². The normalized spacial score (nSPS) is 15.9. The van der Waals surface area contributed by atoms with Crippen LogP contribution in [0.25, 0.3) is 11.2 Å². The lowest BCUT2D eigenvalue weighted by Crippen LogP contribution is -2.43. The molecule has 0 bridgehead atoms. The van der Waals surface area contributed by atoms with E-state index in [1.54, 1.807) is 26.4 Å². The number of likely N-dealkylation sites (N-methyl/N-ethyl adjacent to an activating group) is 1. The summed E-state index contributed by atoms with van der Waals surface area (Å²) in [5.41, 5.74) is 7.10. The van der Waals surface area contributed by atoms with Crippen LogP contribution in [0.5, 0.6) is 0 Å². The van der Waals surface area contributed by atoms with Crippen molar-refractivity contribution in [3.8, 4) is 0 Å². The van der Waals surface area contributed by atoms with Gasteiger partial charge in [-0.05, 0) is 25.8 Å². The first-order chi connectivity index (χ1) is 9.99. The van der Waals surface area contributed by atoms with Gasteiger partial charge in [-0.25, -0.2) is 9.97 Å². The molecule has 110 valence electrons. The molecule has 0 spiro atoms. The van der Waals surface area contributed by atoms with Gasteiger partial charge in [0.15, 0.2) is 5.65 Å². The predicted octanol–water partition coefficient (Wildman–Crippen LogP) is 0.712. The maximum absolute atomic E-state index is 12.3. The van der Waals surface area contributed by atoms with Crippen LogP contribution in [-0.2, 0) is 4.79 Å². The zero-order valence-corrected chi connectivity index (χ0v) is 12.0. The fraction of sp³-hybridized carbons (Fsp3) is 0.429. The Morgan fingerprint density at radius 3 is 2.76 bits per heavy atom. The van der Waals surface area contributed by atoms with Crippen molar-refractivity contribution in [2.24, 2.45) is 5.73 Å². The van der Waals surface area contributed by atoms with Crippen LogP contribution >= 0.6 is 0 Å². The van der Waals surface area contributed by atoms with Gasteiger partial charge in [0.05, 0.1) is 11.9 Å². The standard InChI is InChI=1S/C14H17N5O2/c1-8(12(15)20)18(2)14(21)9-5-11-13(16-6-9)19(7-17-11)10-3-4-10/h5-8,10H,3-4H2,1-2H3,(H2,15,20). The van der Waals surface area contributed by atoms with Crippen molar-refractivity contribution in [2.75, 3.05) is 7.05 Å². The number of carbonyl (C=O) groups excluding carboxylic acids is 2. The Balaban J connectivity index is 1.90. The van der Waals surface area contributed by atoms with Crippen molar-refractivity contribution in [3.63, 3.8) is 0 Å². The van der Waals surface area contributed by atoms with E-state index in [2.05, 4.69) is 9.97 Å². The second kappa shape index (κ2) is 4.83. The zero-order valence-electron chi connectivity index (χ0n) is 12.0. The van der Waals surface area contributed by atoms with Crippen LogP contribution in [0.1, 0.15) is 36.2 Å². The van der Waals surface area contributed by atoms with E-state index in [4.69, 9.17) is 5.73 Å². The third kappa shape index (κ3) is 2.35. The van der Waals surface area contributed by atoms with E-state index in [-0.39, 0.29) is 5.91 Å². The van der Waals surface area contributed by atoms with Crippen molar-refractivity contribution in [1.29, 1.82) is 0 Å². The van der Waals surface area contributed by atoms with E-state index in [9.17, 15) is 9.59 Å². The number of hydrogen-bond donors (Lipinski definition) is 1. The summed E-state index contributed by atoms with van der Waals surface area (Å²) in [6.07, 6.45) is 5.58. The van der Waals surface area contributed by atoms with E-state index < -0.39 is 11.9 Å². The van der Waals surface area contributed by atoms with Crippen LogP contribution in [0.4, 0.5) is 0 Å². The Hall–Kier alpha value is -2.44. The van der Waals surface area contributed by atoms with Gasteiger partial charge in [0.25, 0.3) is 5.91 Å². The third-order valence-electron chi connectivity index (χ3n) is 3.91. The number of imidazole rings is 1. The molecule has 2 aromatic heterocycles. The zero-order chi connectivity index (χ0) is 15.1. The molecular formula is C14H17N5O2. The van der Waals surface area contributed by atoms with Gasteiger partial charge in [0.2, 0.25) is 5.91 Å². The summed E-state index contributed by atoms with van der Waals surface area (Å²) in [6, 6.07) is 1.52. The Morgan fingerprint density at radius 1 is 1.43 bits per heavy atom. The van der Waals surface area contributed by atoms with Gasteiger partial charge < -0.3 is 15.2 Å². The molecule has 7 nitrogen and oxygen atoms in total. The maximum atomic E-state index is 12.3. The largest absolute Gasteiger partial charge is 0.368 e. The summed E-state index contributed by atoms with van der Waals surface area (Å²) in [5.74, 6) is -0.838. The minimum atomic E-state index is -0.669. The molecule has 0 saturated heterocycles. The number of primary amides is 1. The number of aromatic nitrogens is 3. The van der Waals surface area contributed by atoms with E-state index in [0.717, 1.165) is 18.5 Å². The minimum Gasteiger partial charge on any atom is -0.368 e. The summed E-state index contributed by atoms with van der Waals surface area (Å²) in [4.78, 5) is 33.5. The Labute approximate surface area is 121 Å². The van der Waals surface area contributed by atoms with Crippen LogP contribution in [0.2, 0.25) is 0 Å². The van der Waals surface area contributed by atoms with Crippen LogP contribution in [0.15, 0.2) is 18.6 Å². The average Bonchev–Trinajstić information content (AvgIpc) is 3.24. The molecule has 1 atom stereocenters. The summed E-state index contributed by atoms with van der Waals surface area (Å²) in [7, 11) is 1.55. The molecular weight excluding hydrogens is 270 g/mol. The number of rotatable bonds is 4. The summed E-state index contributed by atoms with van der Waals surface area (Å²) in [5, 5.41) is 0. The SMILES string of the molecule is CC(C(N)=O)N(C)C(=O)c1cnc2c(c1)ncn2C1CC1. The molecule has 7 heteroatoms. The quantitative estimate of drug-likeness (QED) is 0.896. The molecule has 0 radical (unpaired) electrons. The van der Waals surface area contributed by atoms with E-state index in [1.807, 2.05) is 4.57 Å². The molecule has 3 rings (SSSR count). The second-order valence-electron chi connectivity index (χ2n) is 5.44. The third-order valence-corrected chi connectivity index (χ3v) is 3.91. The Bertz CT molecular complexity index is 719. The summed E-state index contributed by atoms with van der Waals surface area (Å²) in [6.45, 7) is 1.59. The number of nitrogens with zero attached hydrogens (tertiary/aromatic N) is 4. The second-order valence-corrected chi connectivity index (χ2v) is 5.44. The number of fused-ring (bicyclic) bond motifs is 1. The number of nitrogens with two attached hydrogens (primary N) is 1. The van der Waals surface area contributed by atoms with Gasteiger partial charge in [-0.1, -0.05) is 0 Å². The first kappa shape index (κ1) is 13.5. The first-order valence-electron chi connectivity index (χ1n) is 6.88. The number of pyridine rings is 1. The van der Waals surface area contributed by atoms with E-state index >= 15 is 0 Å². The van der Waals surface area contributed by atoms with E-state index in [1.165, 1.54) is 11.1 Å². The summed E-state index contributed by atoms with van der Waals surface area (Å²) < 4.78 is 2.04. The molecule has 1 saturated carbocycles. The fourth-order valence-corrected chi connectivity index (χ4v) is 2.23. The number of carbonyl (C=O) groups is 2. The maximum Gasteiger partial charge on any atom is 0.255 e. The summed E-state index contributed by atoms with van der Waals surface area (Å²) >= 11 is 0. The number of amides is 2. The monoisotopic (exact) mass is 287 g/mol. The van der Waals surface area contributed by atoms with Gasteiger partial charge in [0, 0.05) is 19.3 Å². The van der Waals surface area contributed by atoms with E-state index in [0.29, 0.717) is 17.1 Å². The van der Waals surface area contributed by atoms with Crippen molar-refractivity contribution in [1.82, 2.24) is 19.4 Å². The smallest absolute Gasteiger partial charge is 0.255 e. The van der Waals surface area contributed by atoms with Gasteiger partial charge in [-0.3, -0.25) is 9.59 Å². The molecule has 2 aromatic rings. The highest BCUT2D eigenvalue weighted by atomic mass is 16.2.